The summed E-state index contributed by atoms with van der Waals surface area (Å²) < 4.78 is 0.637. The molecule has 0 saturated carbocycles. The predicted octanol–water partition coefficient (Wildman–Crippen LogP) is 5.29. The van der Waals surface area contributed by atoms with Gasteiger partial charge in [-0.2, -0.15) is 0 Å². The Labute approximate surface area is 117 Å². The van der Waals surface area contributed by atoms with Crippen molar-refractivity contribution < 1.29 is 19.2 Å². The molecule has 0 aromatic heterocycles. The molecule has 0 amide bonds. The quantitative estimate of drug-likeness (QED) is 0.532. The van der Waals surface area contributed by atoms with Crippen LogP contribution >= 0.6 is 0 Å². The Balaban J connectivity index is 0.000000171. The monoisotopic (exact) mass is 321 g/mol. The molecule has 0 spiro atoms. The van der Waals surface area contributed by atoms with E-state index in [1.165, 1.54) is 44.9 Å². The minimum atomic E-state index is 0.637. The van der Waals surface area contributed by atoms with Crippen LogP contribution in [0.15, 0.2) is 48.6 Å². The summed E-state index contributed by atoms with van der Waals surface area (Å²) >= 11 is 3.30. The molecule has 0 N–H and O–H groups in total. The van der Waals surface area contributed by atoms with E-state index in [-0.39, 0.29) is 0 Å². The summed E-state index contributed by atoms with van der Waals surface area (Å²) in [7, 11) is 0. The Bertz CT molecular complexity index is 270. The second-order valence-electron chi connectivity index (χ2n) is 4.35. The molecule has 0 bridgehead atoms. The van der Waals surface area contributed by atoms with Gasteiger partial charge in [0, 0.05) is 0 Å². The van der Waals surface area contributed by atoms with Gasteiger partial charge in [-0.25, -0.2) is 0 Å². The Morgan fingerprint density at radius 1 is 0.706 bits per heavy atom. The van der Waals surface area contributed by atoms with Crippen molar-refractivity contribution in [1.29, 1.82) is 0 Å². The summed E-state index contributed by atoms with van der Waals surface area (Å²) in [5, 5.41) is 0. The molecular weight excluding hydrogens is 299 g/mol. The van der Waals surface area contributed by atoms with Gasteiger partial charge in [0.05, 0.1) is 0 Å². The van der Waals surface area contributed by atoms with Crippen molar-refractivity contribution in [2.24, 2.45) is 0 Å². The van der Waals surface area contributed by atoms with Crippen LogP contribution in [-0.4, -0.2) is 0 Å². The molecule has 1 atom stereocenters. The topological polar surface area (TPSA) is 0 Å². The van der Waals surface area contributed by atoms with Crippen LogP contribution < -0.4 is 0 Å². The van der Waals surface area contributed by atoms with Crippen molar-refractivity contribution in [2.75, 3.05) is 0 Å². The van der Waals surface area contributed by atoms with Crippen LogP contribution in [0.4, 0.5) is 0 Å². The van der Waals surface area contributed by atoms with E-state index < -0.39 is 0 Å². The fourth-order valence-corrected chi connectivity index (χ4v) is 2.23. The molecule has 1 heteroatoms. The van der Waals surface area contributed by atoms with Gasteiger partial charge in [0.25, 0.3) is 0 Å². The molecule has 0 aromatic carbocycles. The molecule has 0 aromatic rings. The molecule has 1 unspecified atom stereocenters. The Kier molecular flexibility index (Phi) is 9.29. The molecule has 0 aliphatic heterocycles. The summed E-state index contributed by atoms with van der Waals surface area (Å²) in [6, 6.07) is 0. The molecular formula is C16H23Pd. The fourth-order valence-electron chi connectivity index (χ4n) is 1.74. The zero-order valence-corrected chi connectivity index (χ0v) is 12.0. The van der Waals surface area contributed by atoms with Gasteiger partial charge >= 0.3 is 67.2 Å². The standard InChI is InChI=1S/C8H12.C8H11.Pd/c2*1-2-4-6-8-7-5-3-1;/h1-4H,5-8H2;1-5H,6-8H2;/b3-1-,4-2-;2-1-,5-3-;. The minimum absolute atomic E-state index is 0.637. The molecule has 2 aliphatic carbocycles. The first-order valence-electron chi connectivity index (χ1n) is 6.65. The van der Waals surface area contributed by atoms with E-state index >= 15 is 0 Å². The predicted molar refractivity (Wildman–Crippen MR) is 72.6 cm³/mol. The van der Waals surface area contributed by atoms with Gasteiger partial charge in [0.1, 0.15) is 0 Å². The van der Waals surface area contributed by atoms with Crippen LogP contribution in [-0.2, 0) is 19.2 Å². The van der Waals surface area contributed by atoms with Crippen molar-refractivity contribution in [3.05, 3.63) is 48.6 Å². The number of rotatable bonds is 0. The van der Waals surface area contributed by atoms with Crippen molar-refractivity contribution in [1.82, 2.24) is 0 Å². The Morgan fingerprint density at radius 2 is 1.24 bits per heavy atom. The Morgan fingerprint density at radius 3 is 1.88 bits per heavy atom. The summed E-state index contributed by atoms with van der Waals surface area (Å²) in [4.78, 5) is 0. The number of allylic oxidation sites excluding steroid dienone is 8. The summed E-state index contributed by atoms with van der Waals surface area (Å²) in [5.41, 5.74) is 0. The van der Waals surface area contributed by atoms with Crippen LogP contribution in [0.2, 0.25) is 4.39 Å². The summed E-state index contributed by atoms with van der Waals surface area (Å²) in [5.74, 6) is 0. The molecule has 97 valence electrons. The van der Waals surface area contributed by atoms with Gasteiger partial charge in [0.15, 0.2) is 0 Å². The third-order valence-electron chi connectivity index (χ3n) is 2.76. The molecule has 0 heterocycles. The molecule has 0 fully saturated rings. The molecule has 17 heavy (non-hydrogen) atoms. The first-order valence-corrected chi connectivity index (χ1v) is 7.55. The Hall–Kier alpha value is -0.378. The maximum absolute atomic E-state index is 3.30. The second-order valence-corrected chi connectivity index (χ2v) is 5.51. The second kappa shape index (κ2) is 10.8. The van der Waals surface area contributed by atoms with E-state index in [1.807, 2.05) is 0 Å². The van der Waals surface area contributed by atoms with Gasteiger partial charge in [-0.05, 0) is 25.7 Å². The SMILES string of the molecule is C1=C\CCCC\C=C/1.[Pd][CH]1/C=C\C=C/CCC1. The maximum atomic E-state index is 3.30. The van der Waals surface area contributed by atoms with E-state index in [0.29, 0.717) is 4.39 Å². The van der Waals surface area contributed by atoms with Crippen LogP contribution in [0.3, 0.4) is 0 Å². The van der Waals surface area contributed by atoms with Gasteiger partial charge in [-0.1, -0.05) is 24.3 Å². The number of hydrogen-bond donors (Lipinski definition) is 0. The van der Waals surface area contributed by atoms with Gasteiger partial charge < -0.3 is 0 Å². The van der Waals surface area contributed by atoms with Gasteiger partial charge in [-0.3, -0.25) is 0 Å². The van der Waals surface area contributed by atoms with Crippen LogP contribution in [0.5, 0.6) is 0 Å². The first-order chi connectivity index (χ1) is 8.39. The van der Waals surface area contributed by atoms with Crippen LogP contribution in [0.1, 0.15) is 44.9 Å². The van der Waals surface area contributed by atoms with Crippen molar-refractivity contribution >= 4 is 0 Å². The van der Waals surface area contributed by atoms with Crippen LogP contribution in [0, 0.1) is 0 Å². The van der Waals surface area contributed by atoms with E-state index in [1.54, 1.807) is 0 Å². The fraction of sp³-hybridized carbons (Fsp3) is 0.500. The third kappa shape index (κ3) is 9.34. The van der Waals surface area contributed by atoms with Crippen LogP contribution in [0.25, 0.3) is 0 Å². The van der Waals surface area contributed by atoms with Gasteiger partial charge in [-0.15, -0.1) is 0 Å². The van der Waals surface area contributed by atoms with E-state index in [0.717, 1.165) is 0 Å². The molecule has 0 radical (unpaired) electrons. The third-order valence-corrected chi connectivity index (χ3v) is 3.51. The summed E-state index contributed by atoms with van der Waals surface area (Å²) in [6.45, 7) is 0. The summed E-state index contributed by atoms with van der Waals surface area (Å²) in [6.07, 6.45) is 26.5. The van der Waals surface area contributed by atoms with E-state index in [2.05, 4.69) is 67.8 Å². The molecule has 2 aliphatic rings. The average molecular weight is 322 g/mol. The van der Waals surface area contributed by atoms with Gasteiger partial charge in [0.2, 0.25) is 0 Å². The number of hydrogen-bond acceptors (Lipinski definition) is 0. The van der Waals surface area contributed by atoms with Crippen molar-refractivity contribution in [3.8, 4) is 0 Å². The van der Waals surface area contributed by atoms with Crippen molar-refractivity contribution in [3.63, 3.8) is 0 Å². The molecule has 0 nitrogen and oxygen atoms in total. The normalized spacial score (nSPS) is 31.5. The van der Waals surface area contributed by atoms with E-state index in [4.69, 9.17) is 0 Å². The first kappa shape index (κ1) is 14.7. The average Bonchev–Trinajstić information content (AvgIpc) is 2.23. The van der Waals surface area contributed by atoms with Crippen molar-refractivity contribution in [2.45, 2.75) is 49.3 Å². The zero-order chi connectivity index (χ0) is 12.2. The molecule has 2 rings (SSSR count). The van der Waals surface area contributed by atoms with E-state index in [9.17, 15) is 0 Å². The zero-order valence-electron chi connectivity index (χ0n) is 10.5. The molecule has 0 saturated heterocycles.